The lowest BCUT2D eigenvalue weighted by atomic mass is 9.98. The van der Waals surface area contributed by atoms with E-state index < -0.39 is 29.9 Å². The van der Waals surface area contributed by atoms with Crippen molar-refractivity contribution in [1.29, 1.82) is 0 Å². The first-order valence-corrected chi connectivity index (χ1v) is 8.94. The van der Waals surface area contributed by atoms with Gasteiger partial charge >= 0.3 is 24.0 Å². The Labute approximate surface area is 159 Å². The van der Waals surface area contributed by atoms with E-state index in [0.29, 0.717) is 22.8 Å². The molecule has 0 aromatic heterocycles. The van der Waals surface area contributed by atoms with Crippen LogP contribution in [0.1, 0.15) is 19.8 Å². The van der Waals surface area contributed by atoms with Gasteiger partial charge < -0.3 is 4.74 Å². The molecule has 2 saturated heterocycles. The van der Waals surface area contributed by atoms with E-state index in [1.807, 2.05) is 0 Å². The van der Waals surface area contributed by atoms with Crippen molar-refractivity contribution in [3.8, 4) is 5.75 Å². The molecule has 152 valence electrons. The first-order valence-electron chi connectivity index (χ1n) is 8.94. The third kappa shape index (κ3) is 3.82. The van der Waals surface area contributed by atoms with Crippen LogP contribution in [0, 0.1) is 5.92 Å². The van der Waals surface area contributed by atoms with E-state index in [9.17, 15) is 27.6 Å². The predicted molar refractivity (Wildman–Crippen MR) is 92.6 cm³/mol. The van der Waals surface area contributed by atoms with Crippen molar-refractivity contribution in [3.05, 3.63) is 24.3 Å². The normalized spacial score (nSPS) is 21.6. The van der Waals surface area contributed by atoms with Crippen LogP contribution < -0.4 is 9.64 Å². The van der Waals surface area contributed by atoms with Gasteiger partial charge in [-0.3, -0.25) is 14.5 Å². The van der Waals surface area contributed by atoms with Gasteiger partial charge in [0.05, 0.1) is 24.9 Å². The van der Waals surface area contributed by atoms with Gasteiger partial charge in [0.25, 0.3) is 0 Å². The summed E-state index contributed by atoms with van der Waals surface area (Å²) >= 11 is 0. The number of piperidine rings is 1. The number of amides is 4. The number of likely N-dealkylation sites (tertiary alicyclic amines) is 1. The number of alkyl halides is 3. The molecule has 2 fully saturated rings. The summed E-state index contributed by atoms with van der Waals surface area (Å²) in [5.74, 6) is -3.37. The van der Waals surface area contributed by atoms with Crippen molar-refractivity contribution < 1.29 is 32.3 Å². The van der Waals surface area contributed by atoms with Gasteiger partial charge in [0.2, 0.25) is 0 Å². The molecule has 2 aliphatic rings. The van der Waals surface area contributed by atoms with E-state index >= 15 is 0 Å². The standard InChI is InChI=1S/C18H20F3N3O4/c1-2-28-14-8-4-3-7-13(14)24-16(26)15(25)23(17(24)27)11-22-9-5-6-12(10-22)18(19,20)21/h3-4,7-8,12H,2,5-6,9-11H2,1H3. The SMILES string of the molecule is CCOc1ccccc1N1C(=O)C(=O)N(CN2CCCC(C(F)(F)F)C2)C1=O. The topological polar surface area (TPSA) is 70.2 Å². The Balaban J connectivity index is 1.79. The molecule has 0 N–H and O–H groups in total. The number of para-hydroxylation sites is 2. The first-order chi connectivity index (χ1) is 13.2. The van der Waals surface area contributed by atoms with Crippen LogP contribution in [-0.2, 0) is 9.59 Å². The van der Waals surface area contributed by atoms with Gasteiger partial charge in [0.15, 0.2) is 0 Å². The van der Waals surface area contributed by atoms with E-state index in [2.05, 4.69) is 0 Å². The number of halogens is 3. The largest absolute Gasteiger partial charge is 0.492 e. The number of rotatable bonds is 5. The van der Waals surface area contributed by atoms with Crippen LogP contribution in [0.25, 0.3) is 0 Å². The number of anilines is 1. The highest BCUT2D eigenvalue weighted by molar-refractivity contribution is 6.53. The number of hydrogen-bond donors (Lipinski definition) is 0. The lowest BCUT2D eigenvalue weighted by molar-refractivity contribution is -0.187. The van der Waals surface area contributed by atoms with E-state index in [1.165, 1.54) is 11.0 Å². The molecule has 0 saturated carbocycles. The van der Waals surface area contributed by atoms with E-state index in [-0.39, 0.29) is 37.7 Å². The Kier molecular flexibility index (Phi) is 5.59. The molecule has 1 atom stereocenters. The molecule has 10 heteroatoms. The molecule has 4 amide bonds. The molecule has 0 spiro atoms. The Morgan fingerprint density at radius 2 is 1.86 bits per heavy atom. The fraction of sp³-hybridized carbons (Fsp3) is 0.500. The lowest BCUT2D eigenvalue weighted by Crippen LogP contribution is -2.48. The summed E-state index contributed by atoms with van der Waals surface area (Å²) in [6, 6.07) is 5.38. The van der Waals surface area contributed by atoms with Gasteiger partial charge in [0.1, 0.15) is 5.75 Å². The van der Waals surface area contributed by atoms with E-state index in [0.717, 1.165) is 0 Å². The average molecular weight is 399 g/mol. The highest BCUT2D eigenvalue weighted by Gasteiger charge is 2.48. The molecule has 7 nitrogen and oxygen atoms in total. The summed E-state index contributed by atoms with van der Waals surface area (Å²) in [7, 11) is 0. The maximum Gasteiger partial charge on any atom is 0.393 e. The molecular formula is C18H20F3N3O4. The summed E-state index contributed by atoms with van der Waals surface area (Å²) in [5, 5.41) is 0. The Hall–Kier alpha value is -2.62. The second-order valence-electron chi connectivity index (χ2n) is 6.66. The van der Waals surface area contributed by atoms with Gasteiger partial charge in [-0.1, -0.05) is 12.1 Å². The Morgan fingerprint density at radius 3 is 2.54 bits per heavy atom. The van der Waals surface area contributed by atoms with Crippen LogP contribution in [0.4, 0.5) is 23.7 Å². The quantitative estimate of drug-likeness (QED) is 0.562. The smallest absolute Gasteiger partial charge is 0.393 e. The summed E-state index contributed by atoms with van der Waals surface area (Å²) in [6.07, 6.45) is -4.03. The molecule has 3 rings (SSSR count). The van der Waals surface area contributed by atoms with Crippen LogP contribution in [0.2, 0.25) is 0 Å². The number of imide groups is 2. The maximum absolute atomic E-state index is 13.0. The molecule has 1 aromatic carbocycles. The summed E-state index contributed by atoms with van der Waals surface area (Å²) in [5.41, 5.74) is 0.127. The fourth-order valence-electron chi connectivity index (χ4n) is 3.41. The van der Waals surface area contributed by atoms with Crippen molar-refractivity contribution in [2.45, 2.75) is 25.9 Å². The van der Waals surface area contributed by atoms with Gasteiger partial charge in [-0.15, -0.1) is 0 Å². The van der Waals surface area contributed by atoms with Crippen molar-refractivity contribution in [1.82, 2.24) is 9.80 Å². The zero-order chi connectivity index (χ0) is 20.5. The number of urea groups is 1. The maximum atomic E-state index is 13.0. The van der Waals surface area contributed by atoms with E-state index in [4.69, 9.17) is 4.74 Å². The number of hydrogen-bond acceptors (Lipinski definition) is 5. The predicted octanol–water partition coefficient (Wildman–Crippen LogP) is 2.61. The van der Waals surface area contributed by atoms with Crippen LogP contribution in [0.15, 0.2) is 24.3 Å². The molecule has 2 aliphatic heterocycles. The lowest BCUT2D eigenvalue weighted by Gasteiger charge is -2.35. The second-order valence-corrected chi connectivity index (χ2v) is 6.66. The van der Waals surface area contributed by atoms with Crippen LogP contribution in [0.5, 0.6) is 5.75 Å². The molecule has 1 unspecified atom stereocenters. The minimum atomic E-state index is -4.34. The summed E-state index contributed by atoms with van der Waals surface area (Å²) < 4.78 is 44.4. The van der Waals surface area contributed by atoms with Crippen molar-refractivity contribution >= 4 is 23.5 Å². The number of benzene rings is 1. The first kappa shape index (κ1) is 20.1. The van der Waals surface area contributed by atoms with Crippen LogP contribution >= 0.6 is 0 Å². The van der Waals surface area contributed by atoms with Crippen molar-refractivity contribution in [3.63, 3.8) is 0 Å². The van der Waals surface area contributed by atoms with Gasteiger partial charge in [0, 0.05) is 6.54 Å². The van der Waals surface area contributed by atoms with Crippen LogP contribution in [-0.4, -0.2) is 60.2 Å². The van der Waals surface area contributed by atoms with Gasteiger partial charge in [-0.2, -0.15) is 13.2 Å². The van der Waals surface area contributed by atoms with Gasteiger partial charge in [-0.05, 0) is 38.4 Å². The number of ether oxygens (including phenoxy) is 1. The Morgan fingerprint density at radius 1 is 1.14 bits per heavy atom. The molecule has 1 aromatic rings. The summed E-state index contributed by atoms with van der Waals surface area (Å²) in [4.78, 5) is 40.3. The molecule has 0 aliphatic carbocycles. The number of carbonyl (C=O) groups is 3. The minimum absolute atomic E-state index is 0.00861. The molecule has 0 bridgehead atoms. The molecule has 2 heterocycles. The fourth-order valence-corrected chi connectivity index (χ4v) is 3.41. The monoisotopic (exact) mass is 399 g/mol. The zero-order valence-electron chi connectivity index (χ0n) is 15.2. The summed E-state index contributed by atoms with van der Waals surface area (Å²) in [6.45, 7) is 1.66. The highest BCUT2D eigenvalue weighted by Crippen LogP contribution is 2.34. The van der Waals surface area contributed by atoms with Crippen LogP contribution in [0.3, 0.4) is 0 Å². The van der Waals surface area contributed by atoms with Crippen molar-refractivity contribution in [2.75, 3.05) is 31.3 Å². The number of nitrogens with zero attached hydrogens (tertiary/aromatic N) is 3. The third-order valence-electron chi connectivity index (χ3n) is 4.77. The van der Waals surface area contributed by atoms with Crippen molar-refractivity contribution in [2.24, 2.45) is 5.92 Å². The third-order valence-corrected chi connectivity index (χ3v) is 4.77. The Bertz CT molecular complexity index is 784. The zero-order valence-corrected chi connectivity index (χ0v) is 15.2. The molecule has 0 radical (unpaired) electrons. The second kappa shape index (κ2) is 7.78. The molecular weight excluding hydrogens is 379 g/mol. The van der Waals surface area contributed by atoms with E-state index in [1.54, 1.807) is 25.1 Å². The average Bonchev–Trinajstić information content (AvgIpc) is 2.86. The van der Waals surface area contributed by atoms with Gasteiger partial charge in [-0.25, -0.2) is 14.6 Å². The minimum Gasteiger partial charge on any atom is -0.492 e. The highest BCUT2D eigenvalue weighted by atomic mass is 19.4. The number of carbonyl (C=O) groups excluding carboxylic acids is 3. The molecule has 28 heavy (non-hydrogen) atoms.